The van der Waals surface area contributed by atoms with Crippen molar-refractivity contribution >= 4 is 11.6 Å². The molecule has 0 aliphatic carbocycles. The first-order chi connectivity index (χ1) is 5.20. The SMILES string of the molecule is O=C(CO)COCC(=O)CO. The van der Waals surface area contributed by atoms with Gasteiger partial charge in [-0.05, 0) is 0 Å². The fourth-order valence-electron chi connectivity index (χ4n) is 0.370. The van der Waals surface area contributed by atoms with Crippen LogP contribution in [0, 0.1) is 0 Å². The summed E-state index contributed by atoms with van der Waals surface area (Å²) in [5.41, 5.74) is 0. The van der Waals surface area contributed by atoms with E-state index in [4.69, 9.17) is 10.2 Å². The number of Topliss-reactive ketones (excluding diaryl/α,β-unsaturated/α-hetero) is 2. The first-order valence-electron chi connectivity index (χ1n) is 3.03. The van der Waals surface area contributed by atoms with Crippen LogP contribution in [0.4, 0.5) is 0 Å². The third-order valence-electron chi connectivity index (χ3n) is 0.879. The zero-order chi connectivity index (χ0) is 8.69. The lowest BCUT2D eigenvalue weighted by Gasteiger charge is -1.98. The summed E-state index contributed by atoms with van der Waals surface area (Å²) in [6, 6.07) is 0. The van der Waals surface area contributed by atoms with Gasteiger partial charge in [0.05, 0.1) is 0 Å². The molecule has 5 nitrogen and oxygen atoms in total. The molecule has 0 rings (SSSR count). The first kappa shape index (κ1) is 10.2. The molecule has 5 heteroatoms. The fraction of sp³-hybridized carbons (Fsp3) is 0.667. The number of aliphatic hydroxyl groups is 2. The summed E-state index contributed by atoms with van der Waals surface area (Å²) in [6.07, 6.45) is 0. The van der Waals surface area contributed by atoms with Crippen molar-refractivity contribution in [2.75, 3.05) is 26.4 Å². The van der Waals surface area contributed by atoms with Gasteiger partial charge in [0.25, 0.3) is 0 Å². The Bertz CT molecular complexity index is 126. The van der Waals surface area contributed by atoms with Crippen molar-refractivity contribution in [3.63, 3.8) is 0 Å². The van der Waals surface area contributed by atoms with Crippen molar-refractivity contribution in [3.8, 4) is 0 Å². The lowest BCUT2D eigenvalue weighted by Crippen LogP contribution is -2.18. The maximum Gasteiger partial charge on any atom is 0.183 e. The van der Waals surface area contributed by atoms with Crippen LogP contribution in [-0.4, -0.2) is 48.2 Å². The second kappa shape index (κ2) is 5.96. The van der Waals surface area contributed by atoms with Crippen molar-refractivity contribution in [2.45, 2.75) is 0 Å². The van der Waals surface area contributed by atoms with E-state index in [0.29, 0.717) is 0 Å². The molecule has 0 aliphatic heterocycles. The highest BCUT2D eigenvalue weighted by Gasteiger charge is 2.02. The standard InChI is InChI=1S/C6H10O5/c7-1-5(9)3-11-4-6(10)2-8/h7-8H,1-4H2. The molecule has 0 saturated carbocycles. The van der Waals surface area contributed by atoms with Gasteiger partial charge in [-0.1, -0.05) is 0 Å². The van der Waals surface area contributed by atoms with E-state index < -0.39 is 24.8 Å². The average molecular weight is 162 g/mol. The maximum absolute atomic E-state index is 10.3. The largest absolute Gasteiger partial charge is 0.388 e. The van der Waals surface area contributed by atoms with E-state index in [0.717, 1.165) is 0 Å². The Labute approximate surface area is 63.6 Å². The molecule has 0 aromatic carbocycles. The van der Waals surface area contributed by atoms with Crippen LogP contribution >= 0.6 is 0 Å². The van der Waals surface area contributed by atoms with Gasteiger partial charge in [0, 0.05) is 0 Å². The third kappa shape index (κ3) is 5.65. The molecular weight excluding hydrogens is 152 g/mol. The van der Waals surface area contributed by atoms with Crippen LogP contribution in [0.3, 0.4) is 0 Å². The predicted octanol–water partition coefficient (Wildman–Crippen LogP) is -1.87. The van der Waals surface area contributed by atoms with Gasteiger partial charge in [0.2, 0.25) is 0 Å². The molecule has 0 amide bonds. The predicted molar refractivity (Wildman–Crippen MR) is 35.0 cm³/mol. The minimum atomic E-state index is -0.590. The monoisotopic (exact) mass is 162 g/mol. The van der Waals surface area contributed by atoms with E-state index in [1.54, 1.807) is 0 Å². The van der Waals surface area contributed by atoms with Crippen molar-refractivity contribution in [1.82, 2.24) is 0 Å². The summed E-state index contributed by atoms with van der Waals surface area (Å²) in [4.78, 5) is 20.7. The van der Waals surface area contributed by atoms with E-state index >= 15 is 0 Å². The Hall–Kier alpha value is -0.780. The number of rotatable bonds is 6. The van der Waals surface area contributed by atoms with Crippen LogP contribution in [0.25, 0.3) is 0 Å². The number of ketones is 2. The van der Waals surface area contributed by atoms with Crippen molar-refractivity contribution in [2.24, 2.45) is 0 Å². The van der Waals surface area contributed by atoms with E-state index in [-0.39, 0.29) is 13.2 Å². The van der Waals surface area contributed by atoms with Gasteiger partial charge in [-0.3, -0.25) is 9.59 Å². The fourth-order valence-corrected chi connectivity index (χ4v) is 0.370. The molecule has 2 N–H and O–H groups in total. The normalized spacial score (nSPS) is 9.64. The van der Waals surface area contributed by atoms with Crippen molar-refractivity contribution in [1.29, 1.82) is 0 Å². The summed E-state index contributed by atoms with van der Waals surface area (Å²) in [5, 5.41) is 16.4. The van der Waals surface area contributed by atoms with Gasteiger partial charge < -0.3 is 14.9 Å². The second-order valence-electron chi connectivity index (χ2n) is 1.89. The minimum Gasteiger partial charge on any atom is -0.388 e. The molecule has 0 aromatic heterocycles. The molecule has 0 radical (unpaired) electrons. The molecule has 0 fully saturated rings. The highest BCUT2D eigenvalue weighted by Crippen LogP contribution is 1.78. The Kier molecular flexibility index (Phi) is 5.54. The molecule has 0 aliphatic rings. The molecule has 64 valence electrons. The van der Waals surface area contributed by atoms with Crippen molar-refractivity contribution < 1.29 is 24.5 Å². The van der Waals surface area contributed by atoms with Gasteiger partial charge in [-0.2, -0.15) is 0 Å². The number of carbonyl (C=O) groups is 2. The zero-order valence-electron chi connectivity index (χ0n) is 5.95. The number of hydrogen-bond acceptors (Lipinski definition) is 5. The van der Waals surface area contributed by atoms with Gasteiger partial charge in [-0.15, -0.1) is 0 Å². The zero-order valence-corrected chi connectivity index (χ0v) is 5.95. The number of ether oxygens (including phenoxy) is 1. The second-order valence-corrected chi connectivity index (χ2v) is 1.89. The molecule has 11 heavy (non-hydrogen) atoms. The van der Waals surface area contributed by atoms with E-state index in [1.165, 1.54) is 0 Å². The minimum absolute atomic E-state index is 0.289. The van der Waals surface area contributed by atoms with Crippen LogP contribution in [-0.2, 0) is 14.3 Å². The molecule has 0 unspecified atom stereocenters. The van der Waals surface area contributed by atoms with Crippen LogP contribution < -0.4 is 0 Å². The lowest BCUT2D eigenvalue weighted by molar-refractivity contribution is -0.131. The Morgan fingerprint density at radius 2 is 1.36 bits per heavy atom. The van der Waals surface area contributed by atoms with E-state index in [9.17, 15) is 9.59 Å². The molecule has 0 bridgehead atoms. The smallest absolute Gasteiger partial charge is 0.183 e. The summed E-state index contributed by atoms with van der Waals surface area (Å²) < 4.78 is 4.52. The topological polar surface area (TPSA) is 83.8 Å². The summed E-state index contributed by atoms with van der Waals surface area (Å²) >= 11 is 0. The summed E-state index contributed by atoms with van der Waals surface area (Å²) in [6.45, 7) is -1.76. The van der Waals surface area contributed by atoms with Gasteiger partial charge in [0.15, 0.2) is 11.6 Å². The molecular formula is C6H10O5. The summed E-state index contributed by atoms with van der Waals surface area (Å²) in [5.74, 6) is -0.980. The van der Waals surface area contributed by atoms with Gasteiger partial charge >= 0.3 is 0 Å². The Morgan fingerprint density at radius 1 is 1.00 bits per heavy atom. The van der Waals surface area contributed by atoms with E-state index in [1.807, 2.05) is 0 Å². The molecule has 0 atom stereocenters. The average Bonchev–Trinajstić information content (AvgIpc) is 2.04. The van der Waals surface area contributed by atoms with Crippen LogP contribution in [0.1, 0.15) is 0 Å². The molecule has 0 aromatic rings. The first-order valence-corrected chi connectivity index (χ1v) is 3.03. The Balaban J connectivity index is 3.27. The third-order valence-corrected chi connectivity index (χ3v) is 0.879. The number of carbonyl (C=O) groups excluding carboxylic acids is 2. The van der Waals surface area contributed by atoms with Gasteiger partial charge in [-0.25, -0.2) is 0 Å². The van der Waals surface area contributed by atoms with Crippen molar-refractivity contribution in [3.05, 3.63) is 0 Å². The van der Waals surface area contributed by atoms with E-state index in [2.05, 4.69) is 4.74 Å². The molecule has 0 spiro atoms. The molecule has 0 heterocycles. The van der Waals surface area contributed by atoms with Crippen LogP contribution in [0.5, 0.6) is 0 Å². The summed E-state index contributed by atoms with van der Waals surface area (Å²) in [7, 11) is 0. The maximum atomic E-state index is 10.3. The molecule has 0 saturated heterocycles. The van der Waals surface area contributed by atoms with Crippen LogP contribution in [0.15, 0.2) is 0 Å². The number of aliphatic hydroxyl groups excluding tert-OH is 2. The quantitative estimate of drug-likeness (QED) is 0.478. The lowest BCUT2D eigenvalue weighted by atomic mass is 10.4. The van der Waals surface area contributed by atoms with Crippen LogP contribution in [0.2, 0.25) is 0 Å². The Morgan fingerprint density at radius 3 is 1.64 bits per heavy atom. The van der Waals surface area contributed by atoms with Gasteiger partial charge in [0.1, 0.15) is 26.4 Å². The highest BCUT2D eigenvalue weighted by molar-refractivity contribution is 5.82. The number of hydrogen-bond donors (Lipinski definition) is 2. The highest BCUT2D eigenvalue weighted by atomic mass is 16.5.